The topological polar surface area (TPSA) is 78.8 Å². The Balaban J connectivity index is 1.74. The van der Waals surface area contributed by atoms with Crippen LogP contribution < -0.4 is 0 Å². The molecule has 20 heavy (non-hydrogen) atoms. The van der Waals surface area contributed by atoms with E-state index in [1.165, 1.54) is 36.6 Å². The smallest absolute Gasteiger partial charge is 0.358 e. The molecule has 106 valence electrons. The molecule has 0 N–H and O–H groups in total. The van der Waals surface area contributed by atoms with Crippen molar-refractivity contribution in [1.29, 1.82) is 0 Å². The number of hydrogen-bond acceptors (Lipinski definition) is 4. The van der Waals surface area contributed by atoms with Crippen molar-refractivity contribution >= 4 is 17.4 Å². The molecule has 0 atom stereocenters. The van der Waals surface area contributed by atoms with Crippen LogP contribution in [0.25, 0.3) is 0 Å². The number of rotatable bonds is 4. The molecular formula is C12H14ClN5O2. The van der Waals surface area contributed by atoms with Crippen LogP contribution in [0.5, 0.6) is 0 Å². The molecule has 2 aromatic rings. The van der Waals surface area contributed by atoms with Crippen molar-refractivity contribution in [3.63, 3.8) is 0 Å². The molecular weight excluding hydrogens is 282 g/mol. The molecule has 0 radical (unpaired) electrons. The second-order valence-corrected chi connectivity index (χ2v) is 5.39. The van der Waals surface area contributed by atoms with Crippen molar-refractivity contribution in [3.05, 3.63) is 39.3 Å². The maximum atomic E-state index is 10.7. The van der Waals surface area contributed by atoms with Gasteiger partial charge >= 0.3 is 5.82 Å². The van der Waals surface area contributed by atoms with E-state index in [1.807, 2.05) is 16.9 Å². The van der Waals surface area contributed by atoms with Crippen LogP contribution >= 0.6 is 11.6 Å². The zero-order valence-corrected chi connectivity index (χ0v) is 11.5. The lowest BCUT2D eigenvalue weighted by atomic mass is 10.3. The minimum Gasteiger partial charge on any atom is -0.358 e. The lowest BCUT2D eigenvalue weighted by Crippen LogP contribution is -2.07. The van der Waals surface area contributed by atoms with Crippen molar-refractivity contribution in [2.45, 2.75) is 38.3 Å². The van der Waals surface area contributed by atoms with Gasteiger partial charge in [0.2, 0.25) is 0 Å². The van der Waals surface area contributed by atoms with Crippen molar-refractivity contribution < 1.29 is 4.92 Å². The molecule has 1 aliphatic carbocycles. The second kappa shape index (κ2) is 5.24. The van der Waals surface area contributed by atoms with E-state index in [9.17, 15) is 10.1 Å². The molecule has 0 unspecified atom stereocenters. The van der Waals surface area contributed by atoms with Gasteiger partial charge in [-0.1, -0.05) is 24.4 Å². The number of halogens is 1. The molecule has 0 bridgehead atoms. The summed E-state index contributed by atoms with van der Waals surface area (Å²) in [5.74, 6) is -0.318. The Labute approximate surface area is 120 Å². The maximum Gasteiger partial charge on any atom is 0.408 e. The van der Waals surface area contributed by atoms with Crippen molar-refractivity contribution in [3.8, 4) is 0 Å². The van der Waals surface area contributed by atoms with Crippen LogP contribution in [0, 0.1) is 10.1 Å². The fourth-order valence-electron chi connectivity index (χ4n) is 2.59. The monoisotopic (exact) mass is 295 g/mol. The molecule has 7 nitrogen and oxygen atoms in total. The minimum atomic E-state index is -0.587. The fourth-order valence-corrected chi connectivity index (χ4v) is 2.81. The molecule has 3 rings (SSSR count). The summed E-state index contributed by atoms with van der Waals surface area (Å²) in [4.78, 5) is 10.1. The fraction of sp³-hybridized carbons (Fsp3) is 0.500. The van der Waals surface area contributed by atoms with Gasteiger partial charge in [-0.05, 0) is 23.8 Å². The predicted octanol–water partition coefficient (Wildman–Crippen LogP) is 2.80. The molecule has 0 spiro atoms. The van der Waals surface area contributed by atoms with E-state index >= 15 is 0 Å². The lowest BCUT2D eigenvalue weighted by Gasteiger charge is -2.08. The SMILES string of the molecule is O=[N+]([O-])c1nn(Cc2ccn(C3CCCC3)n2)cc1Cl. The largest absolute Gasteiger partial charge is 0.408 e. The van der Waals surface area contributed by atoms with E-state index in [0.29, 0.717) is 12.6 Å². The van der Waals surface area contributed by atoms with E-state index in [0.717, 1.165) is 5.69 Å². The van der Waals surface area contributed by atoms with Gasteiger partial charge in [-0.3, -0.25) is 4.68 Å². The zero-order chi connectivity index (χ0) is 14.1. The molecule has 0 amide bonds. The maximum absolute atomic E-state index is 10.7. The lowest BCUT2D eigenvalue weighted by molar-refractivity contribution is -0.389. The summed E-state index contributed by atoms with van der Waals surface area (Å²) in [5, 5.41) is 19.1. The number of hydrogen-bond donors (Lipinski definition) is 0. The predicted molar refractivity (Wildman–Crippen MR) is 72.7 cm³/mol. The highest BCUT2D eigenvalue weighted by Gasteiger charge is 2.21. The Morgan fingerprint density at radius 1 is 1.40 bits per heavy atom. The average molecular weight is 296 g/mol. The summed E-state index contributed by atoms with van der Waals surface area (Å²) >= 11 is 5.76. The quantitative estimate of drug-likeness (QED) is 0.642. The Kier molecular flexibility index (Phi) is 3.43. The second-order valence-electron chi connectivity index (χ2n) is 4.98. The van der Waals surface area contributed by atoms with Crippen molar-refractivity contribution in [2.75, 3.05) is 0 Å². The Morgan fingerprint density at radius 2 is 2.15 bits per heavy atom. The van der Waals surface area contributed by atoms with Crippen LogP contribution in [-0.4, -0.2) is 24.5 Å². The van der Waals surface area contributed by atoms with Gasteiger partial charge in [0.25, 0.3) is 0 Å². The first-order chi connectivity index (χ1) is 9.63. The average Bonchev–Trinajstić information content (AvgIpc) is 3.09. The summed E-state index contributed by atoms with van der Waals surface area (Å²) in [7, 11) is 0. The van der Waals surface area contributed by atoms with Crippen molar-refractivity contribution in [1.82, 2.24) is 19.6 Å². The van der Waals surface area contributed by atoms with Crippen LogP contribution in [0.2, 0.25) is 5.02 Å². The van der Waals surface area contributed by atoms with E-state index in [1.54, 1.807) is 0 Å². The molecule has 2 heterocycles. The summed E-state index contributed by atoms with van der Waals surface area (Å²) < 4.78 is 3.43. The molecule has 1 fully saturated rings. The molecule has 0 aliphatic heterocycles. The Morgan fingerprint density at radius 3 is 2.80 bits per heavy atom. The van der Waals surface area contributed by atoms with Crippen LogP contribution in [0.4, 0.5) is 5.82 Å². The van der Waals surface area contributed by atoms with Gasteiger partial charge in [0.1, 0.15) is 6.54 Å². The van der Waals surface area contributed by atoms with Crippen LogP contribution in [0.15, 0.2) is 18.5 Å². The van der Waals surface area contributed by atoms with Gasteiger partial charge in [0.05, 0.1) is 23.0 Å². The van der Waals surface area contributed by atoms with Gasteiger partial charge in [-0.25, -0.2) is 0 Å². The minimum absolute atomic E-state index is 0.0465. The molecule has 1 aliphatic rings. The summed E-state index contributed by atoms with van der Waals surface area (Å²) in [6.07, 6.45) is 8.25. The first kappa shape index (κ1) is 13.1. The van der Waals surface area contributed by atoms with E-state index in [4.69, 9.17) is 11.6 Å². The van der Waals surface area contributed by atoms with Crippen LogP contribution in [-0.2, 0) is 6.54 Å². The van der Waals surface area contributed by atoms with Gasteiger partial charge < -0.3 is 10.1 Å². The van der Waals surface area contributed by atoms with Gasteiger partial charge in [0.15, 0.2) is 5.02 Å². The van der Waals surface area contributed by atoms with Gasteiger partial charge in [-0.2, -0.15) is 9.78 Å². The highest BCUT2D eigenvalue weighted by Crippen LogP contribution is 2.28. The van der Waals surface area contributed by atoms with E-state index < -0.39 is 4.92 Å². The summed E-state index contributed by atoms with van der Waals surface area (Å²) in [6.45, 7) is 0.382. The third kappa shape index (κ3) is 2.53. The van der Waals surface area contributed by atoms with E-state index in [2.05, 4.69) is 10.2 Å². The standard InChI is InChI=1S/C12H14ClN5O2/c13-11-8-16(15-12(11)18(19)20)7-9-5-6-17(14-9)10-3-1-2-4-10/h5-6,8,10H,1-4,7H2. The van der Waals surface area contributed by atoms with Gasteiger partial charge in [0, 0.05) is 6.20 Å². The van der Waals surface area contributed by atoms with E-state index in [-0.39, 0.29) is 10.8 Å². The Hall–Kier alpha value is -1.89. The molecule has 8 heteroatoms. The first-order valence-corrected chi connectivity index (χ1v) is 6.92. The highest BCUT2D eigenvalue weighted by molar-refractivity contribution is 6.32. The van der Waals surface area contributed by atoms with Crippen molar-refractivity contribution in [2.24, 2.45) is 0 Å². The summed E-state index contributed by atoms with van der Waals surface area (Å²) in [5.41, 5.74) is 0.825. The van der Waals surface area contributed by atoms with Crippen LogP contribution in [0.1, 0.15) is 37.4 Å². The molecule has 0 saturated heterocycles. The number of aromatic nitrogens is 4. The first-order valence-electron chi connectivity index (χ1n) is 6.55. The number of nitro groups is 1. The summed E-state index contributed by atoms with van der Waals surface area (Å²) in [6, 6.07) is 2.40. The third-order valence-corrected chi connectivity index (χ3v) is 3.83. The normalized spacial score (nSPS) is 15.8. The highest BCUT2D eigenvalue weighted by atomic mass is 35.5. The zero-order valence-electron chi connectivity index (χ0n) is 10.8. The number of nitrogens with zero attached hydrogens (tertiary/aromatic N) is 5. The third-order valence-electron chi connectivity index (χ3n) is 3.56. The Bertz CT molecular complexity index is 630. The van der Waals surface area contributed by atoms with Gasteiger partial charge in [-0.15, -0.1) is 0 Å². The molecule has 1 saturated carbocycles. The molecule has 2 aromatic heterocycles. The van der Waals surface area contributed by atoms with Crippen LogP contribution in [0.3, 0.4) is 0 Å². The molecule has 0 aromatic carbocycles.